The Balaban J connectivity index is 1.92. The van der Waals surface area contributed by atoms with Crippen LogP contribution in [-0.4, -0.2) is 35.4 Å². The van der Waals surface area contributed by atoms with Crippen molar-refractivity contribution < 1.29 is 19.1 Å². The summed E-state index contributed by atoms with van der Waals surface area (Å²) in [5, 5.41) is 3.22. The Labute approximate surface area is 169 Å². The molecule has 0 radical (unpaired) electrons. The molecule has 0 bridgehead atoms. The number of carbonyl (C=O) groups is 3. The molecule has 6 nitrogen and oxygen atoms in total. The number of benzene rings is 1. The van der Waals surface area contributed by atoms with E-state index >= 15 is 0 Å². The van der Waals surface area contributed by atoms with Gasteiger partial charge in [0.1, 0.15) is 0 Å². The topological polar surface area (TPSA) is 77.4 Å². The number of aromatic nitrogens is 1. The van der Waals surface area contributed by atoms with Crippen LogP contribution in [0.5, 0.6) is 0 Å². The van der Waals surface area contributed by atoms with Crippen molar-refractivity contribution in [2.24, 2.45) is 0 Å². The Morgan fingerprint density at radius 2 is 1.82 bits per heavy atom. The van der Waals surface area contributed by atoms with Crippen LogP contribution in [-0.2, 0) is 27.3 Å². The van der Waals surface area contributed by atoms with Gasteiger partial charge >= 0.3 is 5.97 Å². The third kappa shape index (κ3) is 6.23. The van der Waals surface area contributed by atoms with Crippen LogP contribution in [0, 0.1) is 13.8 Å². The molecule has 0 unspecified atom stereocenters. The summed E-state index contributed by atoms with van der Waals surface area (Å²) in [6.45, 7) is 5.84. The number of aryl methyl sites for hydroxylation is 2. The molecule has 0 fully saturated rings. The van der Waals surface area contributed by atoms with Gasteiger partial charge in [0.05, 0.1) is 6.42 Å². The minimum Gasteiger partial charge on any atom is -0.457 e. The monoisotopic (exact) mass is 404 g/mol. The number of hydrogen-bond donors (Lipinski definition) is 1. The van der Waals surface area contributed by atoms with Crippen LogP contribution in [0.25, 0.3) is 0 Å². The molecule has 0 aliphatic carbocycles. The van der Waals surface area contributed by atoms with Crippen LogP contribution in [0.3, 0.4) is 0 Å². The van der Waals surface area contributed by atoms with Crippen LogP contribution in [0.4, 0.5) is 0 Å². The normalized spacial score (nSPS) is 10.6. The number of rotatable bonds is 9. The lowest BCUT2D eigenvalue weighted by Crippen LogP contribution is -2.24. The van der Waals surface area contributed by atoms with E-state index in [1.807, 2.05) is 44.2 Å². The quantitative estimate of drug-likeness (QED) is 0.514. The van der Waals surface area contributed by atoms with Crippen molar-refractivity contribution in [1.29, 1.82) is 0 Å². The zero-order valence-electron chi connectivity index (χ0n) is 16.4. The molecular weight excluding hydrogens is 380 g/mol. The van der Waals surface area contributed by atoms with E-state index < -0.39 is 5.97 Å². The fraction of sp³-hybridized carbons (Fsp3) is 0.381. The number of carbonyl (C=O) groups excluding carboxylic acids is 3. The zero-order chi connectivity index (χ0) is 20.7. The maximum atomic E-state index is 12.5. The van der Waals surface area contributed by atoms with Crippen LogP contribution in [0.15, 0.2) is 30.3 Å². The van der Waals surface area contributed by atoms with Gasteiger partial charge in [-0.15, -0.1) is 0 Å². The number of ketones is 1. The number of esters is 1. The molecule has 1 aromatic carbocycles. The van der Waals surface area contributed by atoms with Gasteiger partial charge in [0, 0.05) is 42.0 Å². The highest BCUT2D eigenvalue weighted by molar-refractivity contribution is 6.30. The largest absolute Gasteiger partial charge is 0.457 e. The van der Waals surface area contributed by atoms with Gasteiger partial charge in [-0.3, -0.25) is 14.4 Å². The number of hydrogen-bond acceptors (Lipinski definition) is 4. The molecule has 1 amide bonds. The molecular formula is C21H25ClN2O4. The van der Waals surface area contributed by atoms with Crippen LogP contribution in [0.2, 0.25) is 5.02 Å². The summed E-state index contributed by atoms with van der Waals surface area (Å²) in [5.41, 5.74) is 3.55. The molecule has 0 saturated carbocycles. The molecule has 2 rings (SSSR count). The third-order valence-electron chi connectivity index (χ3n) is 4.48. The number of amides is 1. The van der Waals surface area contributed by atoms with E-state index in [9.17, 15) is 14.4 Å². The van der Waals surface area contributed by atoms with Crippen molar-refractivity contribution in [2.45, 2.75) is 40.2 Å². The van der Waals surface area contributed by atoms with Crippen molar-refractivity contribution >= 4 is 29.3 Å². The predicted octanol–water partition coefficient (Wildman–Crippen LogP) is 3.25. The molecule has 1 aromatic heterocycles. The second-order valence-corrected chi connectivity index (χ2v) is 7.07. The van der Waals surface area contributed by atoms with Gasteiger partial charge in [-0.2, -0.15) is 0 Å². The highest BCUT2D eigenvalue weighted by Crippen LogP contribution is 2.18. The van der Waals surface area contributed by atoms with Crippen molar-refractivity contribution in [1.82, 2.24) is 9.88 Å². The minimum absolute atomic E-state index is 0.0347. The number of nitrogens with zero attached hydrogens (tertiary/aromatic N) is 1. The SMILES string of the molecule is CC(=O)NCCC(=O)OCC(=O)c1cc(C)n(CCc2ccc(Cl)cc2)c1C. The molecule has 1 heterocycles. The average Bonchev–Trinajstić information content (AvgIpc) is 2.93. The Bertz CT molecular complexity index is 856. The summed E-state index contributed by atoms with van der Waals surface area (Å²) < 4.78 is 7.11. The van der Waals surface area contributed by atoms with Crippen molar-refractivity contribution in [2.75, 3.05) is 13.2 Å². The van der Waals surface area contributed by atoms with E-state index in [1.165, 1.54) is 6.92 Å². The van der Waals surface area contributed by atoms with Gasteiger partial charge in [0.2, 0.25) is 11.7 Å². The summed E-state index contributed by atoms with van der Waals surface area (Å²) in [6, 6.07) is 9.53. The van der Waals surface area contributed by atoms with Crippen LogP contribution >= 0.6 is 11.6 Å². The van der Waals surface area contributed by atoms with Crippen molar-refractivity contribution in [3.63, 3.8) is 0 Å². The molecule has 150 valence electrons. The molecule has 0 saturated heterocycles. The summed E-state index contributed by atoms with van der Waals surface area (Å²) >= 11 is 5.91. The van der Waals surface area contributed by atoms with Gasteiger partial charge in [0.25, 0.3) is 0 Å². The van der Waals surface area contributed by atoms with Crippen LogP contribution in [0.1, 0.15) is 40.7 Å². The Morgan fingerprint density at radius 3 is 2.46 bits per heavy atom. The minimum atomic E-state index is -0.515. The van der Waals surface area contributed by atoms with E-state index in [0.717, 1.165) is 29.9 Å². The van der Waals surface area contributed by atoms with E-state index in [1.54, 1.807) is 0 Å². The van der Waals surface area contributed by atoms with Gasteiger partial charge < -0.3 is 14.6 Å². The maximum absolute atomic E-state index is 12.5. The molecule has 0 atom stereocenters. The number of halogens is 1. The summed E-state index contributed by atoms with van der Waals surface area (Å²) in [4.78, 5) is 34.9. The second kappa shape index (κ2) is 10.1. The van der Waals surface area contributed by atoms with E-state index in [0.29, 0.717) is 10.6 Å². The Morgan fingerprint density at radius 1 is 1.14 bits per heavy atom. The first kappa shape index (κ1) is 21.7. The van der Waals surface area contributed by atoms with Gasteiger partial charge in [-0.25, -0.2) is 0 Å². The van der Waals surface area contributed by atoms with Crippen molar-refractivity contribution in [3.8, 4) is 0 Å². The molecule has 0 aliphatic rings. The lowest BCUT2D eigenvalue weighted by atomic mass is 10.1. The molecule has 7 heteroatoms. The standard InChI is InChI=1S/C21H25ClN2O4/c1-14-12-19(20(26)13-28-21(27)8-10-23-16(3)25)15(2)24(14)11-9-17-4-6-18(22)7-5-17/h4-7,12H,8-11,13H2,1-3H3,(H,23,25). The third-order valence-corrected chi connectivity index (χ3v) is 4.73. The first-order valence-electron chi connectivity index (χ1n) is 9.12. The second-order valence-electron chi connectivity index (χ2n) is 6.63. The fourth-order valence-electron chi connectivity index (χ4n) is 2.96. The lowest BCUT2D eigenvalue weighted by molar-refractivity contribution is -0.142. The van der Waals surface area contributed by atoms with Gasteiger partial charge in [-0.05, 0) is 44.0 Å². The molecule has 28 heavy (non-hydrogen) atoms. The highest BCUT2D eigenvalue weighted by atomic mass is 35.5. The summed E-state index contributed by atoms with van der Waals surface area (Å²) in [6.07, 6.45) is 0.853. The first-order valence-corrected chi connectivity index (χ1v) is 9.50. The number of nitrogens with one attached hydrogen (secondary N) is 1. The molecule has 0 spiro atoms. The fourth-order valence-corrected chi connectivity index (χ4v) is 3.08. The lowest BCUT2D eigenvalue weighted by Gasteiger charge is -2.10. The molecule has 2 aromatic rings. The maximum Gasteiger partial charge on any atom is 0.308 e. The van der Waals surface area contributed by atoms with E-state index in [4.69, 9.17) is 16.3 Å². The van der Waals surface area contributed by atoms with Gasteiger partial charge in [-0.1, -0.05) is 23.7 Å². The van der Waals surface area contributed by atoms with Gasteiger partial charge in [0.15, 0.2) is 6.61 Å². The average molecular weight is 405 g/mol. The first-order chi connectivity index (χ1) is 13.3. The number of Topliss-reactive ketones (excluding diaryl/α,β-unsaturated/α-hetero) is 1. The predicted molar refractivity (Wildman–Crippen MR) is 108 cm³/mol. The van der Waals surface area contributed by atoms with E-state index in [-0.39, 0.29) is 31.3 Å². The molecule has 1 N–H and O–H groups in total. The Kier molecular flexibility index (Phi) is 7.81. The summed E-state index contributed by atoms with van der Waals surface area (Å²) in [7, 11) is 0. The van der Waals surface area contributed by atoms with Crippen molar-refractivity contribution in [3.05, 3.63) is 57.9 Å². The molecule has 0 aliphatic heterocycles. The highest BCUT2D eigenvalue weighted by Gasteiger charge is 2.17. The smallest absolute Gasteiger partial charge is 0.308 e. The number of ether oxygens (including phenoxy) is 1. The summed E-state index contributed by atoms with van der Waals surface area (Å²) in [5.74, 6) is -0.965. The van der Waals surface area contributed by atoms with E-state index in [2.05, 4.69) is 9.88 Å². The zero-order valence-corrected chi connectivity index (χ0v) is 17.1. The van der Waals surface area contributed by atoms with Crippen LogP contribution < -0.4 is 5.32 Å². The Hall–Kier alpha value is -2.60.